The summed E-state index contributed by atoms with van der Waals surface area (Å²) in [5.41, 5.74) is 7.46. The number of nitrogens with two attached hydrogens (primary N) is 1. The highest BCUT2D eigenvalue weighted by molar-refractivity contribution is 5.15. The van der Waals surface area contributed by atoms with Crippen LogP contribution < -0.4 is 11.1 Å². The molecule has 0 spiro atoms. The molecule has 0 amide bonds. The Labute approximate surface area is 117 Å². The highest BCUT2D eigenvalue weighted by atomic mass is 15.0. The van der Waals surface area contributed by atoms with Gasteiger partial charge < -0.3 is 11.1 Å². The minimum Gasteiger partial charge on any atom is -0.329 e. The summed E-state index contributed by atoms with van der Waals surface area (Å²) in [5, 5.41) is 3.69. The van der Waals surface area contributed by atoms with Gasteiger partial charge in [0, 0.05) is 12.1 Å². The van der Waals surface area contributed by atoms with E-state index in [1.807, 2.05) is 0 Å². The molecule has 0 heterocycles. The van der Waals surface area contributed by atoms with Crippen molar-refractivity contribution >= 4 is 0 Å². The average Bonchev–Trinajstić information content (AvgIpc) is 2.41. The fourth-order valence-corrected chi connectivity index (χ4v) is 2.69. The van der Waals surface area contributed by atoms with Crippen LogP contribution in [0.25, 0.3) is 0 Å². The molecule has 1 unspecified atom stereocenters. The summed E-state index contributed by atoms with van der Waals surface area (Å²) in [6.07, 6.45) is 7.84. The van der Waals surface area contributed by atoms with Gasteiger partial charge in [-0.05, 0) is 44.2 Å². The summed E-state index contributed by atoms with van der Waals surface area (Å²) < 4.78 is 0. The predicted molar refractivity (Wildman–Crippen MR) is 82.2 cm³/mol. The first kappa shape index (κ1) is 14.5. The first-order valence-corrected chi connectivity index (χ1v) is 7.71. The second kappa shape index (κ2) is 7.06. The van der Waals surface area contributed by atoms with E-state index in [0.29, 0.717) is 6.54 Å². The van der Waals surface area contributed by atoms with Crippen LogP contribution in [0.1, 0.15) is 44.6 Å². The summed E-state index contributed by atoms with van der Waals surface area (Å²) in [7, 11) is 0. The van der Waals surface area contributed by atoms with Crippen LogP contribution in [0.4, 0.5) is 0 Å². The van der Waals surface area contributed by atoms with Crippen molar-refractivity contribution in [1.82, 2.24) is 5.32 Å². The molecule has 1 aromatic rings. The quantitative estimate of drug-likeness (QED) is 0.753. The van der Waals surface area contributed by atoms with Crippen LogP contribution in [0.5, 0.6) is 0 Å². The monoisotopic (exact) mass is 260 g/mol. The van der Waals surface area contributed by atoms with Crippen molar-refractivity contribution < 1.29 is 0 Å². The van der Waals surface area contributed by atoms with Crippen molar-refractivity contribution in [3.63, 3.8) is 0 Å². The smallest absolute Gasteiger partial charge is 0.0278 e. The Balaban J connectivity index is 1.73. The van der Waals surface area contributed by atoms with E-state index in [1.165, 1.54) is 31.2 Å². The molecule has 0 bridgehead atoms. The van der Waals surface area contributed by atoms with Gasteiger partial charge in [0.2, 0.25) is 0 Å². The summed E-state index contributed by atoms with van der Waals surface area (Å²) in [4.78, 5) is 0. The van der Waals surface area contributed by atoms with E-state index in [-0.39, 0.29) is 5.54 Å². The van der Waals surface area contributed by atoms with E-state index in [2.05, 4.69) is 42.6 Å². The molecule has 2 heteroatoms. The molecule has 1 aromatic carbocycles. The zero-order valence-corrected chi connectivity index (χ0v) is 12.2. The van der Waals surface area contributed by atoms with Gasteiger partial charge in [-0.3, -0.25) is 0 Å². The Bertz CT molecular complexity index is 359. The predicted octanol–water partition coefficient (Wildman–Crippen LogP) is 3.12. The topological polar surface area (TPSA) is 38.0 Å². The van der Waals surface area contributed by atoms with Crippen LogP contribution >= 0.6 is 0 Å². The van der Waals surface area contributed by atoms with Crippen molar-refractivity contribution in [2.45, 2.75) is 51.0 Å². The molecule has 0 aliphatic heterocycles. The van der Waals surface area contributed by atoms with Gasteiger partial charge in [-0.2, -0.15) is 0 Å². The zero-order chi connectivity index (χ0) is 13.6. The molecule has 19 heavy (non-hydrogen) atoms. The Hall–Kier alpha value is -0.860. The normalized spacial score (nSPS) is 18.8. The van der Waals surface area contributed by atoms with Gasteiger partial charge in [-0.25, -0.2) is 0 Å². The standard InChI is InChI=1S/C17H28N2/c1-17(14-18,19-13-11-16-8-5-9-16)12-10-15-6-3-2-4-7-15/h2-4,6-7,16,19H,5,8-14,18H2,1H3. The van der Waals surface area contributed by atoms with Gasteiger partial charge in [-0.15, -0.1) is 0 Å². The van der Waals surface area contributed by atoms with Crippen molar-refractivity contribution in [3.05, 3.63) is 35.9 Å². The van der Waals surface area contributed by atoms with Gasteiger partial charge in [0.25, 0.3) is 0 Å². The van der Waals surface area contributed by atoms with Gasteiger partial charge in [0.05, 0.1) is 0 Å². The molecule has 106 valence electrons. The summed E-state index contributed by atoms with van der Waals surface area (Å²) in [5.74, 6) is 0.976. The van der Waals surface area contributed by atoms with Crippen molar-refractivity contribution in [2.75, 3.05) is 13.1 Å². The Morgan fingerprint density at radius 2 is 2.00 bits per heavy atom. The molecule has 0 saturated heterocycles. The second-order valence-corrected chi connectivity index (χ2v) is 6.26. The molecule has 1 saturated carbocycles. The number of hydrogen-bond donors (Lipinski definition) is 2. The van der Waals surface area contributed by atoms with Crippen molar-refractivity contribution in [2.24, 2.45) is 11.7 Å². The third-order valence-electron chi connectivity index (χ3n) is 4.59. The Kier molecular flexibility index (Phi) is 5.41. The fraction of sp³-hybridized carbons (Fsp3) is 0.647. The lowest BCUT2D eigenvalue weighted by molar-refractivity contribution is 0.265. The largest absolute Gasteiger partial charge is 0.329 e. The number of nitrogens with one attached hydrogen (secondary N) is 1. The Morgan fingerprint density at radius 1 is 1.26 bits per heavy atom. The van der Waals surface area contributed by atoms with Crippen LogP contribution in [0.2, 0.25) is 0 Å². The first-order valence-electron chi connectivity index (χ1n) is 7.71. The van der Waals surface area contributed by atoms with E-state index < -0.39 is 0 Å². The molecule has 0 radical (unpaired) electrons. The van der Waals surface area contributed by atoms with Crippen molar-refractivity contribution in [3.8, 4) is 0 Å². The van der Waals surface area contributed by atoms with Gasteiger partial charge in [-0.1, -0.05) is 49.6 Å². The van der Waals surface area contributed by atoms with E-state index in [9.17, 15) is 0 Å². The number of benzene rings is 1. The summed E-state index contributed by atoms with van der Waals surface area (Å²) in [6.45, 7) is 4.09. The molecule has 1 aliphatic rings. The van der Waals surface area contributed by atoms with Crippen LogP contribution in [-0.2, 0) is 6.42 Å². The maximum Gasteiger partial charge on any atom is 0.0278 e. The highest BCUT2D eigenvalue weighted by Crippen LogP contribution is 2.29. The third-order valence-corrected chi connectivity index (χ3v) is 4.59. The second-order valence-electron chi connectivity index (χ2n) is 6.26. The lowest BCUT2D eigenvalue weighted by atomic mass is 9.82. The summed E-state index contributed by atoms with van der Waals surface area (Å²) >= 11 is 0. The Morgan fingerprint density at radius 3 is 2.58 bits per heavy atom. The number of hydrogen-bond acceptors (Lipinski definition) is 2. The van der Waals surface area contributed by atoms with Crippen LogP contribution in [0, 0.1) is 5.92 Å². The average molecular weight is 260 g/mol. The lowest BCUT2D eigenvalue weighted by Crippen LogP contribution is -2.49. The molecular weight excluding hydrogens is 232 g/mol. The maximum absolute atomic E-state index is 5.97. The molecule has 0 aromatic heterocycles. The first-order chi connectivity index (χ1) is 9.22. The molecule has 1 fully saturated rings. The fourth-order valence-electron chi connectivity index (χ4n) is 2.69. The summed E-state index contributed by atoms with van der Waals surface area (Å²) in [6, 6.07) is 10.7. The molecular formula is C17H28N2. The lowest BCUT2D eigenvalue weighted by Gasteiger charge is -2.32. The van der Waals surface area contributed by atoms with Crippen LogP contribution in [-0.4, -0.2) is 18.6 Å². The minimum atomic E-state index is 0.0829. The van der Waals surface area contributed by atoms with E-state index in [4.69, 9.17) is 5.73 Å². The number of aryl methyl sites for hydroxylation is 1. The van der Waals surface area contributed by atoms with Gasteiger partial charge >= 0.3 is 0 Å². The minimum absolute atomic E-state index is 0.0829. The van der Waals surface area contributed by atoms with Crippen LogP contribution in [0.15, 0.2) is 30.3 Å². The molecule has 3 N–H and O–H groups in total. The van der Waals surface area contributed by atoms with Gasteiger partial charge in [0.1, 0.15) is 0 Å². The number of rotatable bonds is 8. The van der Waals surface area contributed by atoms with E-state index in [0.717, 1.165) is 25.3 Å². The molecule has 2 nitrogen and oxygen atoms in total. The SMILES string of the molecule is CC(CN)(CCc1ccccc1)NCCC1CCC1. The highest BCUT2D eigenvalue weighted by Gasteiger charge is 2.23. The van der Waals surface area contributed by atoms with Crippen molar-refractivity contribution in [1.29, 1.82) is 0 Å². The zero-order valence-electron chi connectivity index (χ0n) is 12.2. The van der Waals surface area contributed by atoms with Gasteiger partial charge in [0.15, 0.2) is 0 Å². The van der Waals surface area contributed by atoms with Crippen LogP contribution in [0.3, 0.4) is 0 Å². The van der Waals surface area contributed by atoms with E-state index >= 15 is 0 Å². The van der Waals surface area contributed by atoms with E-state index in [1.54, 1.807) is 0 Å². The third kappa shape index (κ3) is 4.63. The molecule has 1 aliphatic carbocycles. The maximum atomic E-state index is 5.97. The molecule has 1 atom stereocenters. The molecule has 2 rings (SSSR count).